The van der Waals surface area contributed by atoms with E-state index in [9.17, 15) is 4.79 Å². The van der Waals surface area contributed by atoms with Crippen LogP contribution in [0.15, 0.2) is 0 Å². The fourth-order valence-corrected chi connectivity index (χ4v) is 4.21. The number of rotatable bonds is 2. The molecule has 0 spiro atoms. The van der Waals surface area contributed by atoms with E-state index in [1.54, 1.807) is 11.3 Å². The van der Waals surface area contributed by atoms with E-state index in [2.05, 4.69) is 11.8 Å². The third-order valence-electron chi connectivity index (χ3n) is 4.22. The first kappa shape index (κ1) is 12.9. The Balaban J connectivity index is 1.90. The van der Waals surface area contributed by atoms with Crippen LogP contribution in [0.4, 0.5) is 5.00 Å². The number of hydrogen-bond acceptors (Lipinski definition) is 4. The Kier molecular flexibility index (Phi) is 3.50. The Bertz CT molecular complexity index is 491. The molecule has 1 saturated heterocycles. The van der Waals surface area contributed by atoms with Crippen LogP contribution < -0.4 is 5.73 Å². The number of likely N-dealkylation sites (N-methyl/N-ethyl adjacent to an activating group) is 1. The molecule has 0 aromatic carbocycles. The molecular formula is C14H21N3OS. The summed E-state index contributed by atoms with van der Waals surface area (Å²) in [6, 6.07) is 0. The molecule has 4 nitrogen and oxygen atoms in total. The summed E-state index contributed by atoms with van der Waals surface area (Å²) >= 11 is 1.61. The number of nitrogens with two attached hydrogens (primary N) is 1. The summed E-state index contributed by atoms with van der Waals surface area (Å²) in [6.07, 6.45) is 3.22. The molecule has 1 amide bonds. The molecule has 0 saturated carbocycles. The van der Waals surface area contributed by atoms with Crippen molar-refractivity contribution >= 4 is 22.2 Å². The first-order chi connectivity index (χ1) is 9.20. The van der Waals surface area contributed by atoms with E-state index in [1.165, 1.54) is 10.4 Å². The molecule has 19 heavy (non-hydrogen) atoms. The fourth-order valence-electron chi connectivity index (χ4n) is 3.06. The summed E-state index contributed by atoms with van der Waals surface area (Å²) in [7, 11) is 0. The van der Waals surface area contributed by atoms with Gasteiger partial charge in [0.1, 0.15) is 0 Å². The largest absolute Gasteiger partial charge is 0.390 e. The molecule has 0 bridgehead atoms. The number of thiophene rings is 1. The molecule has 1 aromatic rings. The number of likely N-dealkylation sites (tertiary alicyclic amines) is 1. The molecule has 5 heteroatoms. The van der Waals surface area contributed by atoms with Crippen LogP contribution in [-0.2, 0) is 13.0 Å². The van der Waals surface area contributed by atoms with Gasteiger partial charge < -0.3 is 10.6 Å². The van der Waals surface area contributed by atoms with Crippen molar-refractivity contribution in [2.24, 2.45) is 0 Å². The fraction of sp³-hybridized carbons (Fsp3) is 0.643. The second-order valence-corrected chi connectivity index (χ2v) is 6.50. The van der Waals surface area contributed by atoms with Gasteiger partial charge in [-0.15, -0.1) is 11.3 Å². The highest BCUT2D eigenvalue weighted by molar-refractivity contribution is 7.16. The molecule has 0 aliphatic carbocycles. The first-order valence-electron chi connectivity index (χ1n) is 7.12. The smallest absolute Gasteiger partial charge is 0.257 e. The molecule has 0 atom stereocenters. The van der Waals surface area contributed by atoms with Gasteiger partial charge in [0.2, 0.25) is 0 Å². The number of anilines is 1. The van der Waals surface area contributed by atoms with Crippen molar-refractivity contribution in [1.29, 1.82) is 0 Å². The molecule has 0 radical (unpaired) electrons. The van der Waals surface area contributed by atoms with E-state index < -0.39 is 0 Å². The van der Waals surface area contributed by atoms with Crippen LogP contribution >= 0.6 is 11.3 Å². The summed E-state index contributed by atoms with van der Waals surface area (Å²) in [5.41, 5.74) is 8.17. The van der Waals surface area contributed by atoms with Gasteiger partial charge in [0.05, 0.1) is 10.6 Å². The van der Waals surface area contributed by atoms with E-state index in [4.69, 9.17) is 5.73 Å². The topological polar surface area (TPSA) is 49.6 Å². The monoisotopic (exact) mass is 279 g/mol. The molecule has 2 aliphatic heterocycles. The van der Waals surface area contributed by atoms with Crippen LogP contribution in [0.5, 0.6) is 0 Å². The summed E-state index contributed by atoms with van der Waals surface area (Å²) in [4.78, 5) is 18.3. The predicted octanol–water partition coefficient (Wildman–Crippen LogP) is 1.94. The minimum absolute atomic E-state index is 0.164. The van der Waals surface area contributed by atoms with Gasteiger partial charge in [-0.25, -0.2) is 0 Å². The minimum atomic E-state index is 0.164. The van der Waals surface area contributed by atoms with E-state index in [1.807, 2.05) is 4.90 Å². The molecular weight excluding hydrogens is 258 g/mol. The van der Waals surface area contributed by atoms with Crippen molar-refractivity contribution in [3.63, 3.8) is 0 Å². The Morgan fingerprint density at radius 2 is 2.05 bits per heavy atom. The lowest BCUT2D eigenvalue weighted by Crippen LogP contribution is -2.32. The number of carbonyl (C=O) groups is 1. The van der Waals surface area contributed by atoms with Crippen molar-refractivity contribution < 1.29 is 4.79 Å². The summed E-state index contributed by atoms with van der Waals surface area (Å²) < 4.78 is 0. The zero-order valence-corrected chi connectivity index (χ0v) is 12.3. The average molecular weight is 279 g/mol. The van der Waals surface area contributed by atoms with Crippen molar-refractivity contribution in [3.8, 4) is 0 Å². The van der Waals surface area contributed by atoms with Crippen LogP contribution in [0, 0.1) is 0 Å². The number of nitrogen functional groups attached to an aromatic ring is 1. The highest BCUT2D eigenvalue weighted by Gasteiger charge is 2.29. The maximum Gasteiger partial charge on any atom is 0.257 e. The Morgan fingerprint density at radius 1 is 1.32 bits per heavy atom. The van der Waals surface area contributed by atoms with Crippen LogP contribution in [-0.4, -0.2) is 41.9 Å². The van der Waals surface area contributed by atoms with E-state index >= 15 is 0 Å². The maximum atomic E-state index is 12.6. The summed E-state index contributed by atoms with van der Waals surface area (Å²) in [5.74, 6) is 0.164. The minimum Gasteiger partial charge on any atom is -0.390 e. The normalized spacial score (nSPS) is 19.7. The number of hydrogen-bond donors (Lipinski definition) is 1. The van der Waals surface area contributed by atoms with Gasteiger partial charge in [0.25, 0.3) is 5.91 Å². The van der Waals surface area contributed by atoms with Gasteiger partial charge >= 0.3 is 0 Å². The summed E-state index contributed by atoms with van der Waals surface area (Å²) in [6.45, 7) is 7.02. The first-order valence-corrected chi connectivity index (χ1v) is 7.94. The number of fused-ring (bicyclic) bond motifs is 1. The van der Waals surface area contributed by atoms with Crippen molar-refractivity contribution in [2.75, 3.05) is 31.9 Å². The zero-order chi connectivity index (χ0) is 13.4. The van der Waals surface area contributed by atoms with Crippen molar-refractivity contribution in [2.45, 2.75) is 32.7 Å². The Morgan fingerprint density at radius 3 is 2.74 bits per heavy atom. The predicted molar refractivity (Wildman–Crippen MR) is 78.5 cm³/mol. The van der Waals surface area contributed by atoms with E-state index in [0.717, 1.165) is 62.6 Å². The molecule has 3 rings (SSSR count). The molecule has 2 N–H and O–H groups in total. The van der Waals surface area contributed by atoms with Gasteiger partial charge in [-0.05, 0) is 31.4 Å². The number of amides is 1. The van der Waals surface area contributed by atoms with Crippen LogP contribution in [0.25, 0.3) is 0 Å². The molecule has 104 valence electrons. The third-order valence-corrected chi connectivity index (χ3v) is 5.26. The second kappa shape index (κ2) is 5.13. The van der Waals surface area contributed by atoms with Gasteiger partial charge in [-0.3, -0.25) is 9.69 Å². The lowest BCUT2D eigenvalue weighted by atomic mass is 10.0. The highest BCUT2D eigenvalue weighted by atomic mass is 32.1. The van der Waals surface area contributed by atoms with Gasteiger partial charge in [-0.2, -0.15) is 0 Å². The lowest BCUT2D eigenvalue weighted by molar-refractivity contribution is 0.0792. The molecule has 1 aromatic heterocycles. The number of nitrogens with zero attached hydrogens (tertiary/aromatic N) is 2. The van der Waals surface area contributed by atoms with Gasteiger partial charge in [0, 0.05) is 31.1 Å². The number of carbonyl (C=O) groups excluding carboxylic acids is 1. The second-order valence-electron chi connectivity index (χ2n) is 5.36. The highest BCUT2D eigenvalue weighted by Crippen LogP contribution is 2.36. The lowest BCUT2D eigenvalue weighted by Gasteiger charge is -2.26. The molecule has 0 unspecified atom stereocenters. The standard InChI is InChI=1S/C14H21N3OS/c1-2-16-8-5-10-11(9-16)19-13(15)12(10)14(18)17-6-3-4-7-17/h2-9,15H2,1H3. The average Bonchev–Trinajstić information content (AvgIpc) is 3.03. The van der Waals surface area contributed by atoms with Gasteiger partial charge in [-0.1, -0.05) is 6.92 Å². The molecule has 3 heterocycles. The molecule has 2 aliphatic rings. The molecule has 1 fully saturated rings. The Labute approximate surface area is 118 Å². The van der Waals surface area contributed by atoms with Crippen LogP contribution in [0.2, 0.25) is 0 Å². The quantitative estimate of drug-likeness (QED) is 0.900. The van der Waals surface area contributed by atoms with Crippen LogP contribution in [0.3, 0.4) is 0 Å². The summed E-state index contributed by atoms with van der Waals surface area (Å²) in [5, 5.41) is 0.722. The van der Waals surface area contributed by atoms with Crippen molar-refractivity contribution in [3.05, 3.63) is 16.0 Å². The SMILES string of the molecule is CCN1CCc2c(sc(N)c2C(=O)N2CCCC2)C1. The van der Waals surface area contributed by atoms with E-state index in [-0.39, 0.29) is 5.91 Å². The van der Waals surface area contributed by atoms with Crippen molar-refractivity contribution in [1.82, 2.24) is 9.80 Å². The van der Waals surface area contributed by atoms with Gasteiger partial charge in [0.15, 0.2) is 0 Å². The third kappa shape index (κ3) is 2.25. The maximum absolute atomic E-state index is 12.6. The Hall–Kier alpha value is -1.07. The van der Waals surface area contributed by atoms with Crippen LogP contribution in [0.1, 0.15) is 40.6 Å². The zero-order valence-electron chi connectivity index (χ0n) is 11.4. The van der Waals surface area contributed by atoms with E-state index in [0.29, 0.717) is 0 Å².